The zero-order chi connectivity index (χ0) is 13.8. The van der Waals surface area contributed by atoms with Gasteiger partial charge in [-0.25, -0.2) is 4.39 Å². The summed E-state index contributed by atoms with van der Waals surface area (Å²) < 4.78 is 13.8. The molecule has 19 heavy (non-hydrogen) atoms. The average molecular weight is 343 g/mol. The first-order valence-corrected chi connectivity index (χ1v) is 7.25. The van der Waals surface area contributed by atoms with Gasteiger partial charge in [-0.1, -0.05) is 36.7 Å². The van der Waals surface area contributed by atoms with Crippen LogP contribution in [-0.2, 0) is 0 Å². The highest BCUT2D eigenvalue weighted by Gasteiger charge is 2.12. The van der Waals surface area contributed by atoms with E-state index in [0.717, 1.165) is 22.1 Å². The lowest BCUT2D eigenvalue weighted by molar-refractivity contribution is 0.625. The monoisotopic (exact) mass is 341 g/mol. The summed E-state index contributed by atoms with van der Waals surface area (Å²) in [6.07, 6.45) is 0.893. The van der Waals surface area contributed by atoms with Gasteiger partial charge < -0.3 is 5.32 Å². The van der Waals surface area contributed by atoms with Gasteiger partial charge in [0.05, 0.1) is 21.2 Å². The standard InChI is InChI=1S/C15H14BrClFN/c1-2-13(10-6-8-11(18)9-7-10)19-14-5-3-4-12(17)15(14)16/h3-9,13,19H,2H2,1H3. The minimum Gasteiger partial charge on any atom is -0.377 e. The third-order valence-corrected chi connectivity index (χ3v) is 4.36. The molecule has 100 valence electrons. The molecule has 0 amide bonds. The van der Waals surface area contributed by atoms with Crippen LogP contribution < -0.4 is 5.32 Å². The predicted octanol–water partition coefficient (Wildman–Crippen LogP) is 5.80. The summed E-state index contributed by atoms with van der Waals surface area (Å²) in [5.41, 5.74) is 1.99. The topological polar surface area (TPSA) is 12.0 Å². The summed E-state index contributed by atoms with van der Waals surface area (Å²) >= 11 is 9.54. The Balaban J connectivity index is 2.24. The van der Waals surface area contributed by atoms with Gasteiger partial charge in [-0.3, -0.25) is 0 Å². The van der Waals surface area contributed by atoms with Crippen molar-refractivity contribution in [2.45, 2.75) is 19.4 Å². The van der Waals surface area contributed by atoms with Crippen molar-refractivity contribution in [3.8, 4) is 0 Å². The van der Waals surface area contributed by atoms with E-state index in [-0.39, 0.29) is 11.9 Å². The fraction of sp³-hybridized carbons (Fsp3) is 0.200. The molecule has 0 heterocycles. The Morgan fingerprint density at radius 1 is 1.21 bits per heavy atom. The van der Waals surface area contributed by atoms with Crippen molar-refractivity contribution in [2.24, 2.45) is 0 Å². The van der Waals surface area contributed by atoms with Crippen LogP contribution in [0.1, 0.15) is 24.9 Å². The van der Waals surface area contributed by atoms with Crippen molar-refractivity contribution in [1.29, 1.82) is 0 Å². The van der Waals surface area contributed by atoms with Crippen LogP contribution in [0, 0.1) is 5.82 Å². The fourth-order valence-corrected chi connectivity index (χ4v) is 2.47. The van der Waals surface area contributed by atoms with Crippen molar-refractivity contribution in [3.05, 3.63) is 63.3 Å². The molecule has 0 bridgehead atoms. The molecule has 2 aromatic carbocycles. The highest BCUT2D eigenvalue weighted by Crippen LogP contribution is 2.33. The molecular weight excluding hydrogens is 329 g/mol. The summed E-state index contributed by atoms with van der Waals surface area (Å²) in [7, 11) is 0. The van der Waals surface area contributed by atoms with E-state index in [2.05, 4.69) is 28.2 Å². The SMILES string of the molecule is CCC(Nc1cccc(Cl)c1Br)c1ccc(F)cc1. The van der Waals surface area contributed by atoms with Gasteiger partial charge in [-0.2, -0.15) is 0 Å². The van der Waals surface area contributed by atoms with E-state index in [1.807, 2.05) is 18.2 Å². The molecule has 1 nitrogen and oxygen atoms in total. The Morgan fingerprint density at radius 2 is 1.89 bits per heavy atom. The van der Waals surface area contributed by atoms with Gasteiger partial charge in [0, 0.05) is 0 Å². The fourth-order valence-electron chi connectivity index (χ4n) is 1.92. The number of benzene rings is 2. The molecule has 2 aromatic rings. The maximum absolute atomic E-state index is 13.0. The van der Waals surface area contributed by atoms with Crippen molar-refractivity contribution in [3.63, 3.8) is 0 Å². The molecular formula is C15H14BrClFN. The van der Waals surface area contributed by atoms with Crippen LogP contribution in [0.2, 0.25) is 5.02 Å². The quantitative estimate of drug-likeness (QED) is 0.740. The van der Waals surface area contributed by atoms with Crippen LogP contribution in [0.3, 0.4) is 0 Å². The van der Waals surface area contributed by atoms with Crippen LogP contribution in [-0.4, -0.2) is 0 Å². The number of hydrogen-bond donors (Lipinski definition) is 1. The average Bonchev–Trinajstić information content (AvgIpc) is 2.42. The normalized spacial score (nSPS) is 12.2. The van der Waals surface area contributed by atoms with E-state index in [1.165, 1.54) is 12.1 Å². The van der Waals surface area contributed by atoms with E-state index in [4.69, 9.17) is 11.6 Å². The molecule has 0 fully saturated rings. The van der Waals surface area contributed by atoms with E-state index in [0.29, 0.717) is 5.02 Å². The maximum atomic E-state index is 13.0. The van der Waals surface area contributed by atoms with E-state index in [1.54, 1.807) is 12.1 Å². The van der Waals surface area contributed by atoms with Crippen LogP contribution in [0.4, 0.5) is 10.1 Å². The number of anilines is 1. The smallest absolute Gasteiger partial charge is 0.123 e. The second kappa shape index (κ2) is 6.40. The van der Waals surface area contributed by atoms with Crippen LogP contribution in [0.25, 0.3) is 0 Å². The molecule has 0 radical (unpaired) electrons. The first-order chi connectivity index (χ1) is 9.11. The predicted molar refractivity (Wildman–Crippen MR) is 82.2 cm³/mol. The minimum atomic E-state index is -0.220. The number of hydrogen-bond acceptors (Lipinski definition) is 1. The Bertz CT molecular complexity index is 557. The molecule has 1 atom stereocenters. The van der Waals surface area contributed by atoms with Crippen molar-refractivity contribution >= 4 is 33.2 Å². The van der Waals surface area contributed by atoms with Gasteiger partial charge in [0.25, 0.3) is 0 Å². The molecule has 0 saturated carbocycles. The minimum absolute atomic E-state index is 0.121. The highest BCUT2D eigenvalue weighted by molar-refractivity contribution is 9.10. The lowest BCUT2D eigenvalue weighted by Crippen LogP contribution is -2.10. The van der Waals surface area contributed by atoms with Gasteiger partial charge in [0.15, 0.2) is 0 Å². The second-order valence-corrected chi connectivity index (χ2v) is 5.46. The largest absolute Gasteiger partial charge is 0.377 e. The molecule has 0 spiro atoms. The summed E-state index contributed by atoms with van der Waals surface area (Å²) in [4.78, 5) is 0. The Hall–Kier alpha value is -1.06. The third-order valence-electron chi connectivity index (χ3n) is 2.96. The maximum Gasteiger partial charge on any atom is 0.123 e. The molecule has 0 aliphatic rings. The molecule has 1 unspecified atom stereocenters. The molecule has 2 rings (SSSR count). The van der Waals surface area contributed by atoms with Gasteiger partial charge in [-0.05, 0) is 52.2 Å². The Kier molecular flexibility index (Phi) is 4.83. The van der Waals surface area contributed by atoms with Crippen molar-refractivity contribution in [1.82, 2.24) is 0 Å². The number of nitrogens with one attached hydrogen (secondary N) is 1. The van der Waals surface area contributed by atoms with Gasteiger partial charge in [0.1, 0.15) is 5.82 Å². The molecule has 0 saturated heterocycles. The Morgan fingerprint density at radius 3 is 2.53 bits per heavy atom. The third kappa shape index (κ3) is 3.48. The first-order valence-electron chi connectivity index (χ1n) is 6.08. The summed E-state index contributed by atoms with van der Waals surface area (Å²) in [5.74, 6) is -0.220. The summed E-state index contributed by atoms with van der Waals surface area (Å²) in [5, 5.41) is 4.09. The van der Waals surface area contributed by atoms with Gasteiger partial charge in [0.2, 0.25) is 0 Å². The first kappa shape index (κ1) is 14.4. The second-order valence-electron chi connectivity index (χ2n) is 4.26. The lowest BCUT2D eigenvalue weighted by Gasteiger charge is -2.20. The molecule has 1 N–H and O–H groups in total. The van der Waals surface area contributed by atoms with Crippen molar-refractivity contribution < 1.29 is 4.39 Å². The lowest BCUT2D eigenvalue weighted by atomic mass is 10.0. The molecule has 0 aliphatic heterocycles. The van der Waals surface area contributed by atoms with Gasteiger partial charge >= 0.3 is 0 Å². The van der Waals surface area contributed by atoms with Crippen LogP contribution >= 0.6 is 27.5 Å². The molecule has 0 aromatic heterocycles. The van der Waals surface area contributed by atoms with Crippen LogP contribution in [0.5, 0.6) is 0 Å². The van der Waals surface area contributed by atoms with Gasteiger partial charge in [-0.15, -0.1) is 0 Å². The number of halogens is 3. The number of rotatable bonds is 4. The summed E-state index contributed by atoms with van der Waals surface area (Å²) in [6, 6.07) is 12.4. The highest BCUT2D eigenvalue weighted by atomic mass is 79.9. The van der Waals surface area contributed by atoms with Crippen molar-refractivity contribution in [2.75, 3.05) is 5.32 Å². The van der Waals surface area contributed by atoms with E-state index in [9.17, 15) is 4.39 Å². The summed E-state index contributed by atoms with van der Waals surface area (Å²) in [6.45, 7) is 2.08. The Labute approximate surface area is 125 Å². The molecule has 0 aliphatic carbocycles. The van der Waals surface area contributed by atoms with E-state index < -0.39 is 0 Å². The van der Waals surface area contributed by atoms with Crippen LogP contribution in [0.15, 0.2) is 46.9 Å². The zero-order valence-electron chi connectivity index (χ0n) is 10.5. The molecule has 4 heteroatoms. The van der Waals surface area contributed by atoms with E-state index >= 15 is 0 Å². The zero-order valence-corrected chi connectivity index (χ0v) is 12.8.